The molecule has 0 fully saturated rings. The molecule has 28 heavy (non-hydrogen) atoms. The number of allylic oxidation sites excluding steroid dienone is 1. The van der Waals surface area contributed by atoms with E-state index in [0.717, 1.165) is 31.7 Å². The van der Waals surface area contributed by atoms with E-state index in [2.05, 4.69) is 96.2 Å². The summed E-state index contributed by atoms with van der Waals surface area (Å²) in [6, 6.07) is 25.5. The summed E-state index contributed by atoms with van der Waals surface area (Å²) >= 11 is 1.91. The van der Waals surface area contributed by atoms with E-state index in [1.807, 2.05) is 11.8 Å². The number of rotatable bonds is 8. The van der Waals surface area contributed by atoms with E-state index in [9.17, 15) is 0 Å². The number of hydrogen-bond donors (Lipinski definition) is 0. The monoisotopic (exact) mass is 389 g/mol. The Labute approximate surface area is 172 Å². The summed E-state index contributed by atoms with van der Waals surface area (Å²) in [6.07, 6.45) is 4.57. The fourth-order valence-electron chi connectivity index (χ4n) is 3.75. The first-order valence-electron chi connectivity index (χ1n) is 9.97. The molecule has 1 unspecified atom stereocenters. The molecule has 3 aromatic carbocycles. The molecule has 0 saturated heterocycles. The summed E-state index contributed by atoms with van der Waals surface area (Å²) in [6.45, 7) is 1.99. The zero-order valence-corrected chi connectivity index (χ0v) is 17.1. The Bertz CT molecular complexity index is 911. The lowest BCUT2D eigenvalue weighted by Crippen LogP contribution is -2.32. The van der Waals surface area contributed by atoms with Crippen molar-refractivity contribution >= 4 is 22.5 Å². The second-order valence-corrected chi connectivity index (χ2v) is 8.58. The van der Waals surface area contributed by atoms with Crippen LogP contribution in [0.1, 0.15) is 18.4 Å². The van der Waals surface area contributed by atoms with Crippen molar-refractivity contribution in [1.82, 2.24) is 4.90 Å². The average molecular weight is 390 g/mol. The van der Waals surface area contributed by atoms with Gasteiger partial charge in [-0.1, -0.05) is 72.8 Å². The van der Waals surface area contributed by atoms with Crippen LogP contribution in [0, 0.1) is 0 Å². The van der Waals surface area contributed by atoms with E-state index >= 15 is 0 Å². The zero-order valence-electron chi connectivity index (χ0n) is 16.3. The number of thioether (sulfide) groups is 1. The highest BCUT2D eigenvalue weighted by molar-refractivity contribution is 8.03. The van der Waals surface area contributed by atoms with Gasteiger partial charge in [-0.2, -0.15) is 0 Å². The van der Waals surface area contributed by atoms with Gasteiger partial charge < -0.3 is 9.64 Å². The fourth-order valence-corrected chi connectivity index (χ4v) is 4.76. The third-order valence-electron chi connectivity index (χ3n) is 5.25. The van der Waals surface area contributed by atoms with Gasteiger partial charge >= 0.3 is 0 Å². The maximum absolute atomic E-state index is 6.62. The first-order valence-corrected chi connectivity index (χ1v) is 10.9. The van der Waals surface area contributed by atoms with Crippen LogP contribution in [0.2, 0.25) is 0 Å². The molecule has 144 valence electrons. The lowest BCUT2D eigenvalue weighted by molar-refractivity contribution is 0.169. The third kappa shape index (κ3) is 4.78. The van der Waals surface area contributed by atoms with Gasteiger partial charge in [0, 0.05) is 23.7 Å². The van der Waals surface area contributed by atoms with Crippen LogP contribution in [-0.2, 0) is 6.54 Å². The molecular weight excluding hydrogens is 362 g/mol. The summed E-state index contributed by atoms with van der Waals surface area (Å²) in [5, 5.41) is 5.14. The van der Waals surface area contributed by atoms with Crippen LogP contribution in [0.25, 0.3) is 10.8 Å². The van der Waals surface area contributed by atoms with Gasteiger partial charge in [0.1, 0.15) is 11.9 Å². The van der Waals surface area contributed by atoms with E-state index in [1.165, 1.54) is 16.3 Å². The van der Waals surface area contributed by atoms with Crippen LogP contribution >= 0.6 is 11.8 Å². The topological polar surface area (TPSA) is 12.5 Å². The van der Waals surface area contributed by atoms with Crippen molar-refractivity contribution in [1.29, 1.82) is 0 Å². The Kier molecular flexibility index (Phi) is 6.35. The van der Waals surface area contributed by atoms with Crippen molar-refractivity contribution in [2.24, 2.45) is 0 Å². The normalized spacial score (nSPS) is 17.3. The predicted molar refractivity (Wildman–Crippen MR) is 121 cm³/mol. The lowest BCUT2D eigenvalue weighted by atomic mass is 10.1. The molecule has 0 aromatic heterocycles. The molecule has 0 aliphatic carbocycles. The van der Waals surface area contributed by atoms with Gasteiger partial charge in [0.15, 0.2) is 0 Å². The Morgan fingerprint density at radius 2 is 1.79 bits per heavy atom. The molecule has 4 rings (SSSR count). The fraction of sp³-hybridized carbons (Fsp3) is 0.280. The van der Waals surface area contributed by atoms with Crippen LogP contribution in [0.4, 0.5) is 0 Å². The highest BCUT2D eigenvalue weighted by Gasteiger charge is 2.25. The molecule has 0 N–H and O–H groups in total. The summed E-state index contributed by atoms with van der Waals surface area (Å²) in [7, 11) is 2.20. The van der Waals surface area contributed by atoms with Crippen molar-refractivity contribution in [3.63, 3.8) is 0 Å². The molecule has 2 atom stereocenters. The first kappa shape index (κ1) is 19.1. The van der Waals surface area contributed by atoms with E-state index in [0.29, 0.717) is 5.25 Å². The van der Waals surface area contributed by atoms with Crippen LogP contribution in [0.15, 0.2) is 84.3 Å². The molecule has 0 amide bonds. The minimum Gasteiger partial charge on any atom is -0.489 e. The maximum atomic E-state index is 6.62. The molecule has 3 heteroatoms. The minimum atomic E-state index is 0.198. The number of benzene rings is 3. The van der Waals surface area contributed by atoms with Crippen molar-refractivity contribution in [2.45, 2.75) is 30.7 Å². The van der Waals surface area contributed by atoms with Crippen molar-refractivity contribution in [3.05, 3.63) is 89.8 Å². The van der Waals surface area contributed by atoms with E-state index in [1.54, 1.807) is 0 Å². The zero-order chi connectivity index (χ0) is 19.2. The van der Waals surface area contributed by atoms with Gasteiger partial charge in [0.25, 0.3) is 0 Å². The molecule has 0 radical (unpaired) electrons. The smallest absolute Gasteiger partial charge is 0.127 e. The van der Waals surface area contributed by atoms with Crippen LogP contribution in [-0.4, -0.2) is 29.8 Å². The molecule has 1 aliphatic heterocycles. The molecular formula is C25H27NOS. The SMILES string of the molecule is CN(CC[C@H](Oc1cccc2ccccc12)C1CC=CS1)Cc1ccccc1. The standard InChI is InChI=1S/C25H27NOS/c1-26(19-20-9-3-2-4-10-20)17-16-24(25-15-8-18-28-25)27-23-14-7-12-21-11-5-6-13-22(21)23/h2-14,18,24-25H,15-17,19H2,1H3/t24-,25?/m0/s1. The number of hydrogen-bond acceptors (Lipinski definition) is 3. The molecule has 0 spiro atoms. The Hall–Kier alpha value is -2.23. The van der Waals surface area contributed by atoms with Gasteiger partial charge in [0.05, 0.1) is 0 Å². The Morgan fingerprint density at radius 1 is 1.00 bits per heavy atom. The van der Waals surface area contributed by atoms with E-state index < -0.39 is 0 Å². The van der Waals surface area contributed by atoms with Gasteiger partial charge in [-0.15, -0.1) is 11.8 Å². The van der Waals surface area contributed by atoms with Crippen molar-refractivity contribution in [2.75, 3.05) is 13.6 Å². The quantitative estimate of drug-likeness (QED) is 0.460. The third-order valence-corrected chi connectivity index (χ3v) is 6.45. The highest BCUT2D eigenvalue weighted by Crippen LogP contribution is 2.33. The summed E-state index contributed by atoms with van der Waals surface area (Å²) in [4.78, 5) is 2.39. The average Bonchev–Trinajstić information content (AvgIpc) is 3.27. The number of ether oxygens (including phenoxy) is 1. The number of nitrogens with zero attached hydrogens (tertiary/aromatic N) is 1. The van der Waals surface area contributed by atoms with Crippen molar-refractivity contribution < 1.29 is 4.74 Å². The largest absolute Gasteiger partial charge is 0.489 e. The first-order chi connectivity index (χ1) is 13.8. The lowest BCUT2D eigenvalue weighted by Gasteiger charge is -2.27. The van der Waals surface area contributed by atoms with Crippen LogP contribution in [0.3, 0.4) is 0 Å². The van der Waals surface area contributed by atoms with Gasteiger partial charge in [-0.05, 0) is 42.3 Å². The van der Waals surface area contributed by atoms with Gasteiger partial charge in [-0.3, -0.25) is 0 Å². The van der Waals surface area contributed by atoms with E-state index in [-0.39, 0.29) is 6.10 Å². The van der Waals surface area contributed by atoms with Crippen molar-refractivity contribution in [3.8, 4) is 5.75 Å². The maximum Gasteiger partial charge on any atom is 0.127 e. The molecule has 2 nitrogen and oxygen atoms in total. The Balaban J connectivity index is 1.45. The molecule has 1 heterocycles. The van der Waals surface area contributed by atoms with Crippen LogP contribution in [0.5, 0.6) is 5.75 Å². The molecule has 3 aromatic rings. The second kappa shape index (κ2) is 9.31. The molecule has 0 bridgehead atoms. The minimum absolute atomic E-state index is 0.198. The summed E-state index contributed by atoms with van der Waals surface area (Å²) in [5.41, 5.74) is 1.36. The predicted octanol–water partition coefficient (Wildman–Crippen LogP) is 6.13. The van der Waals surface area contributed by atoms with Crippen LogP contribution < -0.4 is 4.74 Å². The van der Waals surface area contributed by atoms with E-state index in [4.69, 9.17) is 4.74 Å². The second-order valence-electron chi connectivity index (χ2n) is 7.43. The molecule has 1 aliphatic rings. The summed E-state index contributed by atoms with van der Waals surface area (Å²) in [5.74, 6) is 1.00. The summed E-state index contributed by atoms with van der Waals surface area (Å²) < 4.78 is 6.62. The van der Waals surface area contributed by atoms with Gasteiger partial charge in [0.2, 0.25) is 0 Å². The molecule has 0 saturated carbocycles. The van der Waals surface area contributed by atoms with Gasteiger partial charge in [-0.25, -0.2) is 0 Å². The number of fused-ring (bicyclic) bond motifs is 1. The highest BCUT2D eigenvalue weighted by atomic mass is 32.2. The Morgan fingerprint density at radius 3 is 2.61 bits per heavy atom.